The van der Waals surface area contributed by atoms with E-state index in [0.29, 0.717) is 120 Å². The quantitative estimate of drug-likeness (QED) is 0.0467. The Kier molecular flexibility index (Phi) is 26.5. The van der Waals surface area contributed by atoms with Crippen molar-refractivity contribution in [2.24, 2.45) is 17.8 Å². The molecule has 3 aliphatic heterocycles. The zero-order chi connectivity index (χ0) is 67.9. The number of aliphatic hydroxyl groups excluding tert-OH is 1. The van der Waals surface area contributed by atoms with Crippen molar-refractivity contribution in [2.75, 3.05) is 46.4 Å². The largest absolute Gasteiger partial charge is 0.412 e. The summed E-state index contributed by atoms with van der Waals surface area (Å²) in [5, 5.41) is 24.4. The number of aromatic amines is 3. The Morgan fingerprint density at radius 2 is 0.828 bits per heavy atom. The molecule has 6 unspecified atom stereocenters. The molecule has 3 saturated heterocycles. The van der Waals surface area contributed by atoms with E-state index in [-0.39, 0.29) is 128 Å². The molecule has 6 atom stereocenters. The number of aromatic nitrogens is 16. The van der Waals surface area contributed by atoms with Gasteiger partial charge in [0.05, 0.1) is 31.0 Å². The van der Waals surface area contributed by atoms with Gasteiger partial charge in [-0.05, 0) is 80.5 Å². The number of halogens is 7. The fraction of sp³-hybridized carbons (Fsp3) is 0.561. The summed E-state index contributed by atoms with van der Waals surface area (Å²) in [5.41, 5.74) is 1.68. The molecule has 99 heavy (non-hydrogen) atoms. The van der Waals surface area contributed by atoms with Gasteiger partial charge < -0.3 is 36.3 Å². The molecule has 3 aliphatic carbocycles. The number of rotatable bonds is 11. The van der Waals surface area contributed by atoms with E-state index in [1.165, 1.54) is 24.2 Å². The number of hydrogen-bond donors (Lipinski definition) is 5. The van der Waals surface area contributed by atoms with Crippen molar-refractivity contribution in [1.82, 2.24) is 93.8 Å². The molecule has 3 saturated carbocycles. The molecule has 0 spiro atoms. The first-order chi connectivity index (χ1) is 46.2. The molecule has 6 aliphatic rings. The van der Waals surface area contributed by atoms with Crippen molar-refractivity contribution in [3.8, 4) is 0 Å². The van der Waals surface area contributed by atoms with Crippen molar-refractivity contribution in [2.45, 2.75) is 170 Å². The molecule has 0 amide bonds. The molecule has 6 fully saturated rings. The molecule has 25 nitrogen and oxygen atoms in total. The average molecular weight is 1500 g/mol. The van der Waals surface area contributed by atoms with Crippen LogP contribution in [0.4, 0.5) is 26.3 Å². The van der Waals surface area contributed by atoms with Crippen LogP contribution >= 0.6 is 11.6 Å². The molecule has 9 N–H and O–H groups in total. The van der Waals surface area contributed by atoms with Crippen LogP contribution in [-0.2, 0) is 39.4 Å². The number of H-pyrrole nitrogens is 3. The topological polar surface area (TPSA) is 342 Å². The average Bonchev–Trinajstić information content (AvgIpc) is 1.66. The predicted octanol–water partition coefficient (Wildman–Crippen LogP) is 7.89. The van der Waals surface area contributed by atoms with Gasteiger partial charge in [-0.2, -0.15) is 15.3 Å². The molecule has 540 valence electrons. The van der Waals surface area contributed by atoms with Crippen LogP contribution in [0.1, 0.15) is 185 Å². The van der Waals surface area contributed by atoms with E-state index in [2.05, 4.69) is 103 Å². The van der Waals surface area contributed by atoms with E-state index in [1.54, 1.807) is 50.5 Å². The first-order valence-electron chi connectivity index (χ1n) is 33.0. The summed E-state index contributed by atoms with van der Waals surface area (Å²) in [6, 6.07) is 13.9. The second-order valence-corrected chi connectivity index (χ2v) is 26.7. The number of benzene rings is 1. The third kappa shape index (κ3) is 18.6. The van der Waals surface area contributed by atoms with Crippen LogP contribution in [0.5, 0.6) is 0 Å². The number of nitrogens with one attached hydrogen (secondary N) is 4. The Balaban J connectivity index is 0.000000175. The zero-order valence-corrected chi connectivity index (χ0v) is 57.8. The van der Waals surface area contributed by atoms with Crippen molar-refractivity contribution < 1.29 is 62.8 Å². The van der Waals surface area contributed by atoms with Crippen molar-refractivity contribution in [1.29, 1.82) is 0 Å². The van der Waals surface area contributed by atoms with Gasteiger partial charge in [-0.25, -0.2) is 74.8 Å². The molecule has 0 radical (unpaired) electrons. The summed E-state index contributed by atoms with van der Waals surface area (Å²) < 4.78 is 86.0. The number of nitrogens with zero attached hydrogens (tertiary/aromatic N) is 15. The smallest absolute Gasteiger partial charge is 0.276 e. The maximum Gasteiger partial charge on any atom is 0.276 e. The molecular weight excluding hydrogens is 1410 g/mol. The number of alkyl halides is 7. The number of hydrogen-bond acceptors (Lipinski definition) is 17. The zero-order valence-electron chi connectivity index (χ0n) is 55.5. The summed E-state index contributed by atoms with van der Waals surface area (Å²) in [6.07, 6.45) is 12.6. The Hall–Kier alpha value is -7.28. The van der Waals surface area contributed by atoms with Gasteiger partial charge in [0.2, 0.25) is 17.8 Å². The van der Waals surface area contributed by atoms with Gasteiger partial charge in [0, 0.05) is 166 Å². The molecule has 0 bridgehead atoms. The van der Waals surface area contributed by atoms with Gasteiger partial charge in [-0.3, -0.25) is 24.2 Å². The second-order valence-electron chi connectivity index (χ2n) is 26.4. The molecule has 11 heterocycles. The van der Waals surface area contributed by atoms with Crippen LogP contribution in [-0.4, -0.2) is 169 Å². The van der Waals surface area contributed by atoms with E-state index < -0.39 is 17.8 Å². The standard InChI is InChI=1S/C23H27F2N5O.C21H25F2N7O.C16H21F2N5O.C5H5ClN2.CH4O.2H2O.Pd/c1-15-12-29(13-16-5-3-2-4-6-16)14-18(15)20-27-22(31)19-11-26-21(30(19)28-20)17-7-9-23(24,25)10-8-17;1-13-10-29(12-17-24-7-2-8-25-17)11-15(13)18-27-20(31)16-9-26-19(30(16)28-18)14-3-5-21(22,23)6-4-14;1-9-6-19-7-11(9)13-21-15(24)12-8-20-14(23(12)22-13)10-2-4-16(17,18)5-3-10;6-4-5-7-2-1-3-8-5;1-2;;;/h2-6,11,15,17-18H,7-10,12-14H2,1H3,(H,27,28,31);2,7-9,13-15H,3-6,10-12H2,1H3,(H,27,28,31);8-11,19H,2-7H2,1H3,(H,21,22,24);1-3H,4H2;2H,1H3;2*1H2;. The van der Waals surface area contributed by atoms with Gasteiger partial charge in [0.15, 0.2) is 16.6 Å². The Bertz CT molecular complexity index is 4020. The molecule has 8 aromatic heterocycles. The van der Waals surface area contributed by atoms with Crippen molar-refractivity contribution in [3.63, 3.8) is 0 Å². The third-order valence-electron chi connectivity index (χ3n) is 19.5. The molecule has 1 aromatic carbocycles. The number of aliphatic hydroxyl groups is 1. The van der Waals surface area contributed by atoms with Crippen LogP contribution in [0.15, 0.2) is 100 Å². The van der Waals surface area contributed by atoms with Crippen LogP contribution in [0, 0.1) is 17.8 Å². The predicted molar refractivity (Wildman–Crippen MR) is 354 cm³/mol. The molecule has 15 rings (SSSR count). The van der Waals surface area contributed by atoms with Crippen molar-refractivity contribution >= 4 is 28.2 Å². The van der Waals surface area contributed by atoms with E-state index in [9.17, 15) is 40.7 Å². The summed E-state index contributed by atoms with van der Waals surface area (Å²) in [5.74, 6) is -1.16. The minimum atomic E-state index is -2.61. The van der Waals surface area contributed by atoms with E-state index in [1.807, 2.05) is 18.2 Å². The monoisotopic (exact) mass is 1500 g/mol. The fourth-order valence-corrected chi connectivity index (χ4v) is 14.3. The normalized spacial score (nSPS) is 23.0. The molecular formula is C66H86ClF6N19O6Pd. The Morgan fingerprint density at radius 3 is 1.17 bits per heavy atom. The van der Waals surface area contributed by atoms with E-state index in [0.717, 1.165) is 58.7 Å². The van der Waals surface area contributed by atoms with E-state index >= 15 is 0 Å². The van der Waals surface area contributed by atoms with Gasteiger partial charge in [-0.15, -0.1) is 11.6 Å². The Morgan fingerprint density at radius 1 is 0.475 bits per heavy atom. The minimum absolute atomic E-state index is 0. The third-order valence-corrected chi connectivity index (χ3v) is 19.7. The van der Waals surface area contributed by atoms with Crippen LogP contribution in [0.25, 0.3) is 16.6 Å². The SMILES string of the molecule is CC1CN(Cc2ccccc2)CC1c1nn2c(C3CCC(F)(F)CC3)ncc2c(=O)[nH]1.CC1CN(Cc2ncccn2)CC1c1nn2c(C3CCC(F)(F)CC3)ncc2c(=O)[nH]1.CC1CNCC1c1nn2c(C3CCC(F)(F)CC3)ncc2c(=O)[nH]1.CO.ClCc1ncccn1.O.O.[Pd]. The van der Waals surface area contributed by atoms with Crippen LogP contribution in [0.3, 0.4) is 0 Å². The maximum absolute atomic E-state index is 13.6. The summed E-state index contributed by atoms with van der Waals surface area (Å²) in [7, 11) is 1.00. The summed E-state index contributed by atoms with van der Waals surface area (Å²) >= 11 is 5.40. The maximum atomic E-state index is 13.6. The van der Waals surface area contributed by atoms with Gasteiger partial charge in [-0.1, -0.05) is 51.1 Å². The van der Waals surface area contributed by atoms with E-state index in [4.69, 9.17) is 26.9 Å². The van der Waals surface area contributed by atoms with Gasteiger partial charge in [0.25, 0.3) is 16.7 Å². The first kappa shape index (κ1) is 77.5. The number of fused-ring (bicyclic) bond motifs is 3. The number of likely N-dealkylation sites (tertiary alicyclic amines) is 2. The van der Waals surface area contributed by atoms with Crippen molar-refractivity contribution in [3.05, 3.63) is 169 Å². The summed E-state index contributed by atoms with van der Waals surface area (Å²) in [4.78, 5) is 80.7. The van der Waals surface area contributed by atoms with Gasteiger partial charge in [0.1, 0.15) is 46.6 Å². The van der Waals surface area contributed by atoms with Gasteiger partial charge >= 0.3 is 0 Å². The first-order valence-corrected chi connectivity index (χ1v) is 33.5. The number of imidazole rings is 3. The second kappa shape index (κ2) is 33.9. The fourth-order valence-electron chi connectivity index (χ4n) is 14.2. The minimum Gasteiger partial charge on any atom is -0.412 e. The summed E-state index contributed by atoms with van der Waals surface area (Å²) in [6.45, 7) is 12.9. The van der Waals surface area contributed by atoms with Crippen LogP contribution in [0.2, 0.25) is 0 Å². The van der Waals surface area contributed by atoms with Crippen LogP contribution < -0.4 is 22.0 Å². The molecule has 9 aromatic rings. The Labute approximate surface area is 585 Å². The molecule has 33 heteroatoms.